The van der Waals surface area contributed by atoms with Crippen molar-refractivity contribution in [3.05, 3.63) is 77.2 Å². The van der Waals surface area contributed by atoms with Gasteiger partial charge in [-0.1, -0.05) is 60.7 Å². The Morgan fingerprint density at radius 2 is 1.26 bits per heavy atom. The highest BCUT2D eigenvalue weighted by Crippen LogP contribution is 2.40. The first kappa shape index (κ1) is 21.5. The highest BCUT2D eigenvalue weighted by Gasteiger charge is 2.44. The Morgan fingerprint density at radius 1 is 0.889 bits per heavy atom. The van der Waals surface area contributed by atoms with E-state index in [1.807, 2.05) is 0 Å². The molecule has 148 valence electrons. The van der Waals surface area contributed by atoms with Crippen molar-refractivity contribution >= 4 is 26.6 Å². The molecular weight excluding hydrogens is 397 g/mol. The summed E-state index contributed by atoms with van der Waals surface area (Å²) in [5, 5.41) is 2.56. The van der Waals surface area contributed by atoms with Crippen LogP contribution in [0.1, 0.15) is 24.0 Å². The number of alkyl halides is 3. The molecule has 3 nitrogen and oxygen atoms in total. The fourth-order valence-electron chi connectivity index (χ4n) is 2.60. The summed E-state index contributed by atoms with van der Waals surface area (Å²) in [5.41, 5.74) is -1.41. The number of benzene rings is 2. The number of hydrogen-bond acceptors (Lipinski definition) is 2. The molecule has 0 amide bonds. The van der Waals surface area contributed by atoms with Crippen LogP contribution in [0.2, 0.25) is 0 Å². The maximum absolute atomic E-state index is 10.7. The predicted octanol–water partition coefficient (Wildman–Crippen LogP) is 5.26. The largest absolute Gasteiger partial charge is 0.522 e. The van der Waals surface area contributed by atoms with E-state index in [2.05, 4.69) is 66.1 Å². The van der Waals surface area contributed by atoms with Gasteiger partial charge in [-0.05, 0) is 46.5 Å². The Kier molecular flexibility index (Phi) is 7.52. The van der Waals surface area contributed by atoms with Crippen LogP contribution in [0.25, 0.3) is 5.57 Å². The van der Waals surface area contributed by atoms with Crippen molar-refractivity contribution in [2.24, 2.45) is 0 Å². The Hall–Kier alpha value is -1.77. The quantitative estimate of drug-likeness (QED) is 0.406. The minimum absolute atomic E-state index is 0.106. The van der Waals surface area contributed by atoms with E-state index in [0.717, 1.165) is 0 Å². The van der Waals surface area contributed by atoms with Gasteiger partial charge in [-0.15, -0.1) is 0 Å². The van der Waals surface area contributed by atoms with Crippen LogP contribution in [0.4, 0.5) is 13.2 Å². The Balaban J connectivity index is 0.000000279. The third-order valence-corrected chi connectivity index (χ3v) is 6.90. The summed E-state index contributed by atoms with van der Waals surface area (Å²) >= 11 is 0. The first-order chi connectivity index (χ1) is 12.7. The summed E-state index contributed by atoms with van der Waals surface area (Å²) in [6, 6.07) is 21.6. The van der Waals surface area contributed by atoms with Gasteiger partial charge in [-0.2, -0.15) is 21.6 Å². The van der Waals surface area contributed by atoms with Crippen molar-refractivity contribution in [3.63, 3.8) is 0 Å². The summed E-state index contributed by atoms with van der Waals surface area (Å²) < 4.78 is 57.5. The van der Waals surface area contributed by atoms with Gasteiger partial charge in [-0.25, -0.2) is 10.9 Å². The topological polar surface area (TPSA) is 54.4 Å². The number of rotatable bonds is 3. The van der Waals surface area contributed by atoms with Gasteiger partial charge in [0.2, 0.25) is 0 Å². The van der Waals surface area contributed by atoms with E-state index in [1.165, 1.54) is 41.0 Å². The van der Waals surface area contributed by atoms with Gasteiger partial charge < -0.3 is 0 Å². The molecule has 8 heteroatoms. The van der Waals surface area contributed by atoms with E-state index in [1.54, 1.807) is 0 Å². The Bertz CT molecular complexity index is 801. The van der Waals surface area contributed by atoms with Crippen LogP contribution in [0, 0.1) is 0 Å². The molecule has 0 aliphatic carbocycles. The molecule has 1 N–H and O–H groups in total. The highest BCUT2D eigenvalue weighted by molar-refractivity contribution is 8.19. The molecule has 2 aromatic carbocycles. The van der Waals surface area contributed by atoms with Crippen molar-refractivity contribution in [3.8, 4) is 0 Å². The Labute approximate surface area is 160 Å². The molecule has 0 atom stereocenters. The molecule has 0 spiro atoms. The maximum atomic E-state index is 10.7. The second-order valence-electron chi connectivity index (χ2n) is 5.94. The molecule has 27 heavy (non-hydrogen) atoms. The van der Waals surface area contributed by atoms with Gasteiger partial charge >= 0.3 is 15.6 Å². The lowest BCUT2D eigenvalue weighted by Crippen LogP contribution is -2.21. The average molecular weight is 419 g/mol. The van der Waals surface area contributed by atoms with Gasteiger partial charge in [-0.3, -0.25) is 4.55 Å². The summed E-state index contributed by atoms with van der Waals surface area (Å²) in [7, 11) is -5.73. The minimum Gasteiger partial charge on any atom is -0.279 e. The zero-order valence-electron chi connectivity index (χ0n) is 14.4. The van der Waals surface area contributed by atoms with Crippen LogP contribution in [0.5, 0.6) is 0 Å². The molecule has 1 fully saturated rings. The van der Waals surface area contributed by atoms with Crippen LogP contribution in [0.3, 0.4) is 0 Å². The molecular formula is C19H21F3O3S2. The van der Waals surface area contributed by atoms with Crippen molar-refractivity contribution in [2.45, 2.75) is 18.3 Å². The molecule has 1 aliphatic heterocycles. The van der Waals surface area contributed by atoms with Gasteiger partial charge in [0.05, 0.1) is 0 Å². The van der Waals surface area contributed by atoms with Crippen molar-refractivity contribution < 1.29 is 26.1 Å². The number of thiol groups is 1. The third-order valence-electron chi connectivity index (χ3n) is 3.91. The molecule has 1 heterocycles. The lowest BCUT2D eigenvalue weighted by atomic mass is 10.00. The second-order valence-corrected chi connectivity index (χ2v) is 9.68. The van der Waals surface area contributed by atoms with Gasteiger partial charge in [0.15, 0.2) is 0 Å². The smallest absolute Gasteiger partial charge is 0.279 e. The second kappa shape index (κ2) is 9.43. The van der Waals surface area contributed by atoms with Crippen LogP contribution in [-0.2, 0) is 10.1 Å². The van der Waals surface area contributed by atoms with E-state index in [4.69, 9.17) is 13.0 Å². The van der Waals surface area contributed by atoms with E-state index in [0.29, 0.717) is 0 Å². The summed E-state index contributed by atoms with van der Waals surface area (Å²) in [6.45, 7) is 0. The fourth-order valence-corrected chi connectivity index (χ4v) is 5.01. The van der Waals surface area contributed by atoms with Gasteiger partial charge in [0.1, 0.15) is 0 Å². The van der Waals surface area contributed by atoms with Gasteiger partial charge in [0.25, 0.3) is 0 Å². The van der Waals surface area contributed by atoms with E-state index >= 15 is 0 Å². The SMILES string of the molecule is C(=C(c1ccccc1)c1ccccc1)[SH]1CCCC1.O=S(=O)(O)C(F)(F)F. The number of hydrogen-bond donors (Lipinski definition) is 2. The predicted molar refractivity (Wildman–Crippen MR) is 106 cm³/mol. The fraction of sp³-hybridized carbons (Fsp3) is 0.263. The van der Waals surface area contributed by atoms with E-state index in [9.17, 15) is 13.2 Å². The normalized spacial score (nSPS) is 15.6. The van der Waals surface area contributed by atoms with Crippen molar-refractivity contribution in [1.82, 2.24) is 0 Å². The van der Waals surface area contributed by atoms with Crippen LogP contribution >= 0.6 is 10.9 Å². The summed E-state index contributed by atoms with van der Waals surface area (Å²) in [5.74, 6) is 2.83. The first-order valence-corrected chi connectivity index (χ1v) is 11.5. The zero-order chi connectivity index (χ0) is 19.9. The summed E-state index contributed by atoms with van der Waals surface area (Å²) in [4.78, 5) is 0. The van der Waals surface area contributed by atoms with E-state index < -0.39 is 15.6 Å². The highest BCUT2D eigenvalue weighted by atomic mass is 32.2. The van der Waals surface area contributed by atoms with Gasteiger partial charge in [0, 0.05) is 0 Å². The lowest BCUT2D eigenvalue weighted by molar-refractivity contribution is -0.0510. The average Bonchev–Trinajstić information content (AvgIpc) is 3.13. The minimum atomic E-state index is -5.84. The number of halogens is 3. The molecule has 1 aliphatic rings. The molecule has 3 rings (SSSR count). The molecule has 1 saturated heterocycles. The molecule has 0 radical (unpaired) electrons. The lowest BCUT2D eigenvalue weighted by Gasteiger charge is -2.14. The summed E-state index contributed by atoms with van der Waals surface area (Å²) in [6.07, 6.45) is 2.83. The first-order valence-electron chi connectivity index (χ1n) is 8.29. The van der Waals surface area contributed by atoms with Crippen LogP contribution in [0.15, 0.2) is 66.1 Å². The Morgan fingerprint density at radius 3 is 1.59 bits per heavy atom. The molecule has 0 bridgehead atoms. The molecule has 0 aromatic heterocycles. The van der Waals surface area contributed by atoms with Crippen molar-refractivity contribution in [1.29, 1.82) is 0 Å². The standard InChI is InChI=1S/C18H20S.CHF3O3S/c1-3-9-16(10-4-1)18(15-19-13-7-8-14-19)17-11-5-2-6-12-17;2-1(3,4)8(5,6)7/h1-6,9-12,15,19H,7-8,13-14H2;(H,5,6,7). The maximum Gasteiger partial charge on any atom is 0.522 e. The van der Waals surface area contributed by atoms with Crippen LogP contribution < -0.4 is 0 Å². The monoisotopic (exact) mass is 418 g/mol. The third kappa shape index (κ3) is 6.71. The zero-order valence-corrected chi connectivity index (χ0v) is 16.1. The van der Waals surface area contributed by atoms with Crippen LogP contribution in [-0.4, -0.2) is 30.0 Å². The van der Waals surface area contributed by atoms with Crippen molar-refractivity contribution in [2.75, 3.05) is 11.5 Å². The molecule has 0 saturated carbocycles. The molecule has 2 aromatic rings. The van der Waals surface area contributed by atoms with E-state index in [-0.39, 0.29) is 10.9 Å². The molecule has 0 unspecified atom stereocenters.